The number of ether oxygens (including phenoxy) is 3. The minimum Gasteiger partial charge on any atom is -0.454 e. The van der Waals surface area contributed by atoms with Gasteiger partial charge in [0, 0.05) is 19.4 Å². The first kappa shape index (κ1) is 31.3. The Hall–Kier alpha value is -1.96. The van der Waals surface area contributed by atoms with Crippen molar-refractivity contribution in [2.75, 3.05) is 7.11 Å². The number of nitrogens with zero attached hydrogens (tertiary/aromatic N) is 1. The third-order valence-corrected chi connectivity index (χ3v) is 8.79. The van der Waals surface area contributed by atoms with Gasteiger partial charge in [0.05, 0.1) is 29.5 Å². The summed E-state index contributed by atoms with van der Waals surface area (Å²) >= 11 is 0. The first-order valence-electron chi connectivity index (χ1n) is 13.7. The van der Waals surface area contributed by atoms with Gasteiger partial charge in [-0.1, -0.05) is 47.5 Å². The van der Waals surface area contributed by atoms with E-state index in [9.17, 15) is 19.2 Å². The number of hydrogen-bond donors (Lipinski definition) is 0. The van der Waals surface area contributed by atoms with Gasteiger partial charge in [-0.2, -0.15) is 0 Å². The summed E-state index contributed by atoms with van der Waals surface area (Å²) in [7, 11) is 1.48. The van der Waals surface area contributed by atoms with Crippen LogP contribution < -0.4 is 0 Å². The van der Waals surface area contributed by atoms with Crippen LogP contribution in [0, 0.1) is 23.2 Å². The van der Waals surface area contributed by atoms with E-state index < -0.39 is 40.8 Å². The van der Waals surface area contributed by atoms with E-state index >= 15 is 0 Å². The molecule has 2 aliphatic rings. The number of carbonyl (C=O) groups is 4. The van der Waals surface area contributed by atoms with Gasteiger partial charge < -0.3 is 14.2 Å². The molecule has 2 aliphatic heterocycles. The predicted octanol–water partition coefficient (Wildman–Crippen LogP) is 5.35. The second-order valence-electron chi connectivity index (χ2n) is 13.1. The van der Waals surface area contributed by atoms with Gasteiger partial charge in [-0.25, -0.2) is 4.79 Å². The van der Waals surface area contributed by atoms with E-state index in [1.54, 1.807) is 4.90 Å². The number of ketones is 2. The van der Waals surface area contributed by atoms with E-state index in [0.717, 1.165) is 19.3 Å². The number of esters is 1. The molecule has 0 saturated carbocycles. The van der Waals surface area contributed by atoms with Crippen LogP contribution in [-0.2, 0) is 28.6 Å². The van der Waals surface area contributed by atoms with E-state index in [1.165, 1.54) is 14.0 Å². The van der Waals surface area contributed by atoms with Crippen LogP contribution in [0.3, 0.4) is 0 Å². The maximum absolute atomic E-state index is 13.6. The SMILES string of the molecule is CO[C@H]1CC(=O)O[C@H](C(C)=O)C[C@@H]2N(C(=O)OC(C)(C)C)[C@]2(C)CCC[C@H](C)[C@H](C)[C@@H](C)C(=O)C1(C)C. The van der Waals surface area contributed by atoms with Gasteiger partial charge in [-0.3, -0.25) is 19.3 Å². The standard InChI is InChI=1S/C29H49NO7/c1-17-13-12-14-29(10)22(30(29)26(34)37-27(5,6)7)15-21(20(4)31)36-24(32)16-23(35-11)28(8,9)25(33)19(3)18(17)2/h17-19,21-23H,12-16H2,1-11H3/t17-,18-,19+,21-,22-,23-,29+,30?/m0/s1. The Kier molecular flexibility index (Phi) is 9.65. The Morgan fingerprint density at radius 3 is 2.19 bits per heavy atom. The molecular weight excluding hydrogens is 474 g/mol. The second-order valence-corrected chi connectivity index (χ2v) is 13.1. The summed E-state index contributed by atoms with van der Waals surface area (Å²) in [6.07, 6.45) is 0.442. The molecular formula is C29H49NO7. The third-order valence-electron chi connectivity index (χ3n) is 8.79. The number of cyclic esters (lactones) is 1. The largest absolute Gasteiger partial charge is 0.454 e. The maximum Gasteiger partial charge on any atom is 0.411 e. The monoisotopic (exact) mass is 523 g/mol. The lowest BCUT2D eigenvalue weighted by Gasteiger charge is -2.36. The zero-order valence-corrected chi connectivity index (χ0v) is 24.8. The van der Waals surface area contributed by atoms with Gasteiger partial charge in [0.15, 0.2) is 11.9 Å². The molecule has 0 unspecified atom stereocenters. The van der Waals surface area contributed by atoms with E-state index in [0.29, 0.717) is 0 Å². The summed E-state index contributed by atoms with van der Waals surface area (Å²) < 4.78 is 16.9. The molecule has 0 N–H and O–H groups in total. The number of carbonyl (C=O) groups excluding carboxylic acids is 4. The molecule has 0 aromatic rings. The number of fused-ring (bicyclic) bond motifs is 1. The average molecular weight is 524 g/mol. The van der Waals surface area contributed by atoms with Crippen molar-refractivity contribution in [3.8, 4) is 0 Å². The smallest absolute Gasteiger partial charge is 0.411 e. The van der Waals surface area contributed by atoms with Crippen LogP contribution in [0.5, 0.6) is 0 Å². The molecule has 0 radical (unpaired) electrons. The first-order chi connectivity index (χ1) is 16.9. The van der Waals surface area contributed by atoms with Gasteiger partial charge in [-0.05, 0) is 52.9 Å². The highest BCUT2D eigenvalue weighted by molar-refractivity contribution is 5.88. The van der Waals surface area contributed by atoms with E-state index in [-0.39, 0.29) is 48.2 Å². The Bertz CT molecular complexity index is 876. The van der Waals surface area contributed by atoms with Crippen molar-refractivity contribution in [2.24, 2.45) is 23.2 Å². The van der Waals surface area contributed by atoms with Crippen molar-refractivity contribution in [1.82, 2.24) is 4.90 Å². The van der Waals surface area contributed by atoms with Gasteiger partial charge >= 0.3 is 12.1 Å². The number of methoxy groups -OCH3 is 1. The molecule has 8 nitrogen and oxygen atoms in total. The van der Waals surface area contributed by atoms with Crippen molar-refractivity contribution in [3.05, 3.63) is 0 Å². The van der Waals surface area contributed by atoms with E-state index in [4.69, 9.17) is 14.2 Å². The van der Waals surface area contributed by atoms with Crippen LogP contribution in [0.1, 0.15) is 101 Å². The molecule has 212 valence electrons. The molecule has 2 fully saturated rings. The van der Waals surface area contributed by atoms with Crippen molar-refractivity contribution >= 4 is 23.6 Å². The van der Waals surface area contributed by atoms with Crippen LogP contribution in [-0.4, -0.2) is 65.0 Å². The minimum absolute atomic E-state index is 0.0482. The van der Waals surface area contributed by atoms with Crippen molar-refractivity contribution < 1.29 is 33.4 Å². The Morgan fingerprint density at radius 2 is 1.68 bits per heavy atom. The predicted molar refractivity (Wildman–Crippen MR) is 141 cm³/mol. The van der Waals surface area contributed by atoms with Crippen molar-refractivity contribution in [2.45, 2.75) is 131 Å². The number of Topliss-reactive ketones (excluding diaryl/α,β-unsaturated/α-hetero) is 2. The number of amides is 1. The second kappa shape index (κ2) is 11.4. The molecule has 0 aromatic carbocycles. The lowest BCUT2D eigenvalue weighted by molar-refractivity contribution is -0.160. The quantitative estimate of drug-likeness (QED) is 0.355. The lowest BCUT2D eigenvalue weighted by Crippen LogP contribution is -2.45. The molecule has 2 heterocycles. The van der Waals surface area contributed by atoms with E-state index in [1.807, 2.05) is 48.5 Å². The number of hydrogen-bond acceptors (Lipinski definition) is 7. The Morgan fingerprint density at radius 1 is 1.08 bits per heavy atom. The van der Waals surface area contributed by atoms with Gasteiger partial charge in [-0.15, -0.1) is 0 Å². The van der Waals surface area contributed by atoms with Gasteiger partial charge in [0.2, 0.25) is 0 Å². The van der Waals surface area contributed by atoms with Crippen LogP contribution >= 0.6 is 0 Å². The van der Waals surface area contributed by atoms with Gasteiger partial charge in [0.25, 0.3) is 0 Å². The minimum atomic E-state index is -0.994. The van der Waals surface area contributed by atoms with Crippen molar-refractivity contribution in [3.63, 3.8) is 0 Å². The Labute approximate surface area is 223 Å². The first-order valence-corrected chi connectivity index (χ1v) is 13.7. The zero-order chi connectivity index (χ0) is 28.5. The molecule has 0 bridgehead atoms. The summed E-state index contributed by atoms with van der Waals surface area (Å²) in [5, 5.41) is 0. The molecule has 8 heteroatoms. The average Bonchev–Trinajstić information content (AvgIpc) is 3.36. The highest BCUT2D eigenvalue weighted by Crippen LogP contribution is 2.49. The molecule has 1 amide bonds. The normalized spacial score (nSPS) is 35.8. The summed E-state index contributed by atoms with van der Waals surface area (Å²) in [4.78, 5) is 53.8. The van der Waals surface area contributed by atoms with Crippen molar-refractivity contribution in [1.29, 1.82) is 0 Å². The summed E-state index contributed by atoms with van der Waals surface area (Å²) in [6.45, 7) is 18.7. The Balaban J connectivity index is 2.40. The number of rotatable bonds is 2. The molecule has 2 rings (SSSR count). The lowest BCUT2D eigenvalue weighted by atomic mass is 9.70. The fourth-order valence-electron chi connectivity index (χ4n) is 5.81. The fourth-order valence-corrected chi connectivity index (χ4v) is 5.81. The van der Waals surface area contributed by atoms with Gasteiger partial charge in [0.1, 0.15) is 11.4 Å². The van der Waals surface area contributed by atoms with Crippen LogP contribution in [0.25, 0.3) is 0 Å². The highest BCUT2D eigenvalue weighted by atomic mass is 16.6. The maximum atomic E-state index is 13.6. The molecule has 0 aliphatic carbocycles. The summed E-state index contributed by atoms with van der Waals surface area (Å²) in [6, 6.07) is -0.278. The molecule has 2 saturated heterocycles. The van der Waals surface area contributed by atoms with Crippen LogP contribution in [0.15, 0.2) is 0 Å². The molecule has 7 atom stereocenters. The van der Waals surface area contributed by atoms with Crippen LogP contribution in [0.4, 0.5) is 4.79 Å². The molecule has 0 spiro atoms. The summed E-state index contributed by atoms with van der Waals surface area (Å²) in [5.41, 5.74) is -2.06. The summed E-state index contributed by atoms with van der Waals surface area (Å²) in [5.74, 6) is -0.634. The topological polar surface area (TPSA) is 99.0 Å². The molecule has 37 heavy (non-hydrogen) atoms. The molecule has 0 aromatic heterocycles. The zero-order valence-electron chi connectivity index (χ0n) is 24.8. The highest BCUT2D eigenvalue weighted by Gasteiger charge is 2.63. The third kappa shape index (κ3) is 7.12. The fraction of sp³-hybridized carbons (Fsp3) is 0.862. The van der Waals surface area contributed by atoms with E-state index in [2.05, 4.69) is 13.8 Å². The van der Waals surface area contributed by atoms with Crippen LogP contribution in [0.2, 0.25) is 0 Å².